The lowest BCUT2D eigenvalue weighted by atomic mass is 10.2. The van der Waals surface area contributed by atoms with Gasteiger partial charge in [0.15, 0.2) is 0 Å². The molecule has 0 aliphatic rings. The van der Waals surface area contributed by atoms with Crippen molar-refractivity contribution < 1.29 is 4.79 Å². The van der Waals surface area contributed by atoms with Crippen molar-refractivity contribution in [3.05, 3.63) is 63.5 Å². The lowest BCUT2D eigenvalue weighted by Crippen LogP contribution is -2.27. The van der Waals surface area contributed by atoms with Gasteiger partial charge in [0.05, 0.1) is 16.8 Å². The number of hydrogen-bond donors (Lipinski definition) is 1. The SMILES string of the molecule is CN(Cc1nc2ccccc2s1)C(=O)c1cc[nH]c(=O)c1. The Morgan fingerprint density at radius 3 is 2.90 bits per heavy atom. The van der Waals surface area contributed by atoms with Crippen molar-refractivity contribution in [3.63, 3.8) is 0 Å². The number of amides is 1. The lowest BCUT2D eigenvalue weighted by Gasteiger charge is -2.15. The summed E-state index contributed by atoms with van der Waals surface area (Å²) in [4.78, 5) is 32.1. The molecular formula is C15H13N3O2S. The van der Waals surface area contributed by atoms with Gasteiger partial charge in [-0.1, -0.05) is 12.1 Å². The smallest absolute Gasteiger partial charge is 0.254 e. The van der Waals surface area contributed by atoms with Gasteiger partial charge in [0.2, 0.25) is 5.56 Å². The zero-order valence-corrected chi connectivity index (χ0v) is 12.2. The summed E-state index contributed by atoms with van der Waals surface area (Å²) >= 11 is 1.57. The average Bonchev–Trinajstić information content (AvgIpc) is 2.88. The minimum absolute atomic E-state index is 0.194. The summed E-state index contributed by atoms with van der Waals surface area (Å²) in [5.74, 6) is -0.194. The maximum absolute atomic E-state index is 12.3. The molecule has 3 aromatic rings. The average molecular weight is 299 g/mol. The van der Waals surface area contributed by atoms with E-state index in [9.17, 15) is 9.59 Å². The normalized spacial score (nSPS) is 10.7. The lowest BCUT2D eigenvalue weighted by molar-refractivity contribution is 0.0785. The van der Waals surface area contributed by atoms with Gasteiger partial charge in [-0.25, -0.2) is 4.98 Å². The minimum Gasteiger partial charge on any atom is -0.335 e. The minimum atomic E-state index is -0.283. The number of fused-ring (bicyclic) bond motifs is 1. The van der Waals surface area contributed by atoms with Crippen molar-refractivity contribution in [3.8, 4) is 0 Å². The molecule has 0 aliphatic heterocycles. The standard InChI is InChI=1S/C15H13N3O2S/c1-18(15(20)10-6-7-16-13(19)8-10)9-14-17-11-4-2-3-5-12(11)21-14/h2-8H,9H2,1H3,(H,16,19). The Morgan fingerprint density at radius 1 is 1.33 bits per heavy atom. The number of para-hydroxylation sites is 1. The highest BCUT2D eigenvalue weighted by molar-refractivity contribution is 7.18. The molecule has 1 amide bonds. The predicted octanol–water partition coefficient (Wildman–Crippen LogP) is 2.26. The number of rotatable bonds is 3. The van der Waals surface area contributed by atoms with Gasteiger partial charge in [-0.15, -0.1) is 11.3 Å². The monoisotopic (exact) mass is 299 g/mol. The number of aromatic amines is 1. The van der Waals surface area contributed by atoms with Gasteiger partial charge in [0.1, 0.15) is 5.01 Å². The molecule has 6 heteroatoms. The molecule has 2 aromatic heterocycles. The second-order valence-electron chi connectivity index (χ2n) is 4.68. The number of carbonyl (C=O) groups excluding carboxylic acids is 1. The van der Waals surface area contributed by atoms with Gasteiger partial charge in [-0.05, 0) is 18.2 Å². The largest absolute Gasteiger partial charge is 0.335 e. The summed E-state index contributed by atoms with van der Waals surface area (Å²) in [5.41, 5.74) is 1.03. The maximum Gasteiger partial charge on any atom is 0.254 e. The van der Waals surface area contributed by atoms with Crippen LogP contribution in [0.3, 0.4) is 0 Å². The Kier molecular flexibility index (Phi) is 3.53. The second kappa shape index (κ2) is 5.49. The van der Waals surface area contributed by atoms with Crippen LogP contribution in [0.4, 0.5) is 0 Å². The highest BCUT2D eigenvalue weighted by atomic mass is 32.1. The van der Waals surface area contributed by atoms with E-state index in [1.54, 1.807) is 29.4 Å². The summed E-state index contributed by atoms with van der Waals surface area (Å²) < 4.78 is 1.10. The quantitative estimate of drug-likeness (QED) is 0.806. The molecule has 0 atom stereocenters. The van der Waals surface area contributed by atoms with Crippen LogP contribution >= 0.6 is 11.3 Å². The molecule has 5 nitrogen and oxygen atoms in total. The summed E-state index contributed by atoms with van der Waals surface area (Å²) in [6, 6.07) is 10.8. The number of carbonyl (C=O) groups is 1. The van der Waals surface area contributed by atoms with E-state index in [0.717, 1.165) is 15.2 Å². The molecular weight excluding hydrogens is 286 g/mol. The van der Waals surface area contributed by atoms with Crippen LogP contribution in [-0.4, -0.2) is 27.8 Å². The highest BCUT2D eigenvalue weighted by Gasteiger charge is 2.14. The topological polar surface area (TPSA) is 66.1 Å². The molecule has 0 fully saturated rings. The fourth-order valence-corrected chi connectivity index (χ4v) is 3.08. The molecule has 0 radical (unpaired) electrons. The van der Waals surface area contributed by atoms with Gasteiger partial charge < -0.3 is 9.88 Å². The first-order chi connectivity index (χ1) is 10.1. The zero-order valence-electron chi connectivity index (χ0n) is 11.4. The number of nitrogens with zero attached hydrogens (tertiary/aromatic N) is 2. The van der Waals surface area contributed by atoms with E-state index in [-0.39, 0.29) is 11.5 Å². The molecule has 0 saturated heterocycles. The molecule has 0 bridgehead atoms. The van der Waals surface area contributed by atoms with E-state index in [0.29, 0.717) is 12.1 Å². The van der Waals surface area contributed by atoms with E-state index in [1.807, 2.05) is 24.3 Å². The highest BCUT2D eigenvalue weighted by Crippen LogP contribution is 2.22. The molecule has 0 aliphatic carbocycles. The number of aromatic nitrogens is 2. The Labute approximate surface area is 124 Å². The van der Waals surface area contributed by atoms with Crippen LogP contribution in [0, 0.1) is 0 Å². The molecule has 1 N–H and O–H groups in total. The van der Waals surface area contributed by atoms with Crippen LogP contribution in [0.5, 0.6) is 0 Å². The van der Waals surface area contributed by atoms with Crippen molar-refractivity contribution in [1.29, 1.82) is 0 Å². The Morgan fingerprint density at radius 2 is 2.14 bits per heavy atom. The Hall–Kier alpha value is -2.47. The van der Waals surface area contributed by atoms with Crippen molar-refractivity contribution in [2.75, 3.05) is 7.05 Å². The van der Waals surface area contributed by atoms with Crippen molar-refractivity contribution >= 4 is 27.5 Å². The number of nitrogens with one attached hydrogen (secondary N) is 1. The summed E-state index contributed by atoms with van der Waals surface area (Å²) in [7, 11) is 1.70. The molecule has 0 saturated carbocycles. The summed E-state index contributed by atoms with van der Waals surface area (Å²) in [5, 5.41) is 0.872. The fraction of sp³-hybridized carbons (Fsp3) is 0.133. The molecule has 2 heterocycles. The van der Waals surface area contributed by atoms with E-state index < -0.39 is 0 Å². The van der Waals surface area contributed by atoms with Crippen molar-refractivity contribution in [1.82, 2.24) is 14.9 Å². The third kappa shape index (κ3) is 2.85. The van der Waals surface area contributed by atoms with Gasteiger partial charge in [-0.2, -0.15) is 0 Å². The molecule has 0 spiro atoms. The number of benzene rings is 1. The van der Waals surface area contributed by atoms with Crippen LogP contribution in [0.1, 0.15) is 15.4 Å². The van der Waals surface area contributed by atoms with Crippen LogP contribution < -0.4 is 5.56 Å². The zero-order chi connectivity index (χ0) is 14.8. The summed E-state index contributed by atoms with van der Waals surface area (Å²) in [6.07, 6.45) is 1.47. The molecule has 21 heavy (non-hydrogen) atoms. The Bertz CT molecular complexity index is 820. The van der Waals surface area contributed by atoms with E-state index in [4.69, 9.17) is 0 Å². The second-order valence-corrected chi connectivity index (χ2v) is 5.79. The predicted molar refractivity (Wildman–Crippen MR) is 82.5 cm³/mol. The molecule has 0 unspecified atom stereocenters. The van der Waals surface area contributed by atoms with Crippen LogP contribution in [0.15, 0.2) is 47.4 Å². The van der Waals surface area contributed by atoms with E-state index >= 15 is 0 Å². The Balaban J connectivity index is 1.80. The van der Waals surface area contributed by atoms with Gasteiger partial charge >= 0.3 is 0 Å². The molecule has 1 aromatic carbocycles. The summed E-state index contributed by atoms with van der Waals surface area (Å²) in [6.45, 7) is 0.422. The van der Waals surface area contributed by atoms with E-state index in [1.165, 1.54) is 12.3 Å². The van der Waals surface area contributed by atoms with Crippen LogP contribution in [0.25, 0.3) is 10.2 Å². The van der Waals surface area contributed by atoms with Gasteiger partial charge in [0.25, 0.3) is 5.91 Å². The molecule has 106 valence electrons. The third-order valence-electron chi connectivity index (χ3n) is 3.08. The number of pyridine rings is 1. The fourth-order valence-electron chi connectivity index (χ4n) is 2.06. The van der Waals surface area contributed by atoms with Crippen LogP contribution in [-0.2, 0) is 6.54 Å². The van der Waals surface area contributed by atoms with Gasteiger partial charge in [0, 0.05) is 24.9 Å². The first-order valence-electron chi connectivity index (χ1n) is 6.42. The first-order valence-corrected chi connectivity index (χ1v) is 7.24. The number of H-pyrrole nitrogens is 1. The van der Waals surface area contributed by atoms with Crippen molar-refractivity contribution in [2.45, 2.75) is 6.54 Å². The number of hydrogen-bond acceptors (Lipinski definition) is 4. The molecule has 3 rings (SSSR count). The first kappa shape index (κ1) is 13.5. The maximum atomic E-state index is 12.3. The van der Waals surface area contributed by atoms with E-state index in [2.05, 4.69) is 9.97 Å². The van der Waals surface area contributed by atoms with Crippen molar-refractivity contribution in [2.24, 2.45) is 0 Å². The van der Waals surface area contributed by atoms with Crippen LogP contribution in [0.2, 0.25) is 0 Å². The van der Waals surface area contributed by atoms with Gasteiger partial charge in [-0.3, -0.25) is 9.59 Å². The third-order valence-corrected chi connectivity index (χ3v) is 4.10. The number of thiazole rings is 1.